The number of hydrogen-bond donors (Lipinski definition) is 2. The maximum Gasteiger partial charge on any atom is 0.160 e. The van der Waals surface area contributed by atoms with Gasteiger partial charge in [0.2, 0.25) is 0 Å². The van der Waals surface area contributed by atoms with Crippen LogP contribution in [0.4, 0.5) is 0 Å². The van der Waals surface area contributed by atoms with Crippen molar-refractivity contribution in [3.8, 4) is 0 Å². The molecule has 0 amide bonds. The third-order valence-electron chi connectivity index (χ3n) is 2.61. The molecule has 0 fully saturated rings. The summed E-state index contributed by atoms with van der Waals surface area (Å²) in [5.41, 5.74) is 8.89. The van der Waals surface area contributed by atoms with Gasteiger partial charge in [-0.25, -0.2) is 0 Å². The van der Waals surface area contributed by atoms with E-state index in [0.717, 1.165) is 0 Å². The molecule has 0 aliphatic rings. The van der Waals surface area contributed by atoms with Gasteiger partial charge in [0.1, 0.15) is 6.10 Å². The number of carbonyl (C=O) groups is 1. The molecule has 6 nitrogen and oxygen atoms in total. The molecule has 2 N–H and O–H groups in total. The highest BCUT2D eigenvalue weighted by Crippen LogP contribution is 2.23. The Hall–Kier alpha value is -1.88. The van der Waals surface area contributed by atoms with Crippen LogP contribution >= 0.6 is 0 Å². The van der Waals surface area contributed by atoms with E-state index in [1.807, 2.05) is 0 Å². The van der Waals surface area contributed by atoms with Gasteiger partial charge in [0.05, 0.1) is 6.10 Å². The number of hydrogen-bond acceptors (Lipinski definition) is 4. The maximum atomic E-state index is 11.4. The molecule has 0 bridgehead atoms. The van der Waals surface area contributed by atoms with Gasteiger partial charge in [0.15, 0.2) is 5.78 Å². The van der Waals surface area contributed by atoms with E-state index in [9.17, 15) is 15.0 Å². The second-order valence-electron chi connectivity index (χ2n) is 3.90. The minimum Gasteiger partial charge on any atom is -0.390 e. The zero-order chi connectivity index (χ0) is 13.5. The first kappa shape index (κ1) is 14.2. The molecule has 1 rings (SSSR count). The fourth-order valence-corrected chi connectivity index (χ4v) is 1.68. The van der Waals surface area contributed by atoms with Gasteiger partial charge in [0.25, 0.3) is 0 Å². The van der Waals surface area contributed by atoms with Gasteiger partial charge in [-0.3, -0.25) is 4.79 Å². The molecule has 1 aromatic rings. The number of benzene rings is 1. The van der Waals surface area contributed by atoms with Gasteiger partial charge in [-0.15, -0.1) is 0 Å². The van der Waals surface area contributed by atoms with Crippen LogP contribution in [-0.4, -0.2) is 28.6 Å². The van der Waals surface area contributed by atoms with E-state index in [2.05, 4.69) is 10.0 Å². The van der Waals surface area contributed by atoms with Crippen molar-refractivity contribution in [3.63, 3.8) is 0 Å². The van der Waals surface area contributed by atoms with Crippen molar-refractivity contribution in [1.82, 2.24) is 0 Å². The number of carbonyl (C=O) groups excluding carboxylic acids is 1. The van der Waals surface area contributed by atoms with Crippen molar-refractivity contribution in [2.75, 3.05) is 6.54 Å². The number of azide groups is 1. The summed E-state index contributed by atoms with van der Waals surface area (Å²) in [6, 6.07) is 6.57. The van der Waals surface area contributed by atoms with Crippen molar-refractivity contribution < 1.29 is 15.0 Å². The predicted molar refractivity (Wildman–Crippen MR) is 66.0 cm³/mol. The number of rotatable bonds is 6. The zero-order valence-corrected chi connectivity index (χ0v) is 10.0. The Bertz CT molecular complexity index is 469. The van der Waals surface area contributed by atoms with Crippen LogP contribution in [0.15, 0.2) is 29.4 Å². The first-order chi connectivity index (χ1) is 8.57. The lowest BCUT2D eigenvalue weighted by Gasteiger charge is -2.19. The van der Waals surface area contributed by atoms with Crippen molar-refractivity contribution in [1.29, 1.82) is 0 Å². The summed E-state index contributed by atoms with van der Waals surface area (Å²) >= 11 is 0. The lowest BCUT2D eigenvalue weighted by Crippen LogP contribution is -2.21. The molecule has 0 aromatic heterocycles. The van der Waals surface area contributed by atoms with E-state index in [4.69, 9.17) is 5.53 Å². The van der Waals surface area contributed by atoms with Crippen LogP contribution in [0.3, 0.4) is 0 Å². The van der Waals surface area contributed by atoms with Gasteiger partial charge in [0, 0.05) is 17.0 Å². The highest BCUT2D eigenvalue weighted by molar-refractivity contribution is 5.95. The van der Waals surface area contributed by atoms with Crippen molar-refractivity contribution in [3.05, 3.63) is 45.8 Å². The largest absolute Gasteiger partial charge is 0.390 e. The number of aliphatic hydroxyl groups excluding tert-OH is 2. The molecule has 0 heterocycles. The molecule has 2 unspecified atom stereocenters. The van der Waals surface area contributed by atoms with Gasteiger partial charge in [-0.05, 0) is 24.4 Å². The molecule has 0 aliphatic heterocycles. The molecule has 96 valence electrons. The molecule has 2 atom stereocenters. The van der Waals surface area contributed by atoms with E-state index in [1.165, 1.54) is 6.92 Å². The Balaban J connectivity index is 2.85. The molecule has 0 saturated heterocycles. The quantitative estimate of drug-likeness (QED) is 0.348. The number of nitrogens with zero attached hydrogens (tertiary/aromatic N) is 3. The van der Waals surface area contributed by atoms with Crippen LogP contribution in [0, 0.1) is 0 Å². The smallest absolute Gasteiger partial charge is 0.160 e. The Morgan fingerprint density at radius 2 is 2.11 bits per heavy atom. The third-order valence-corrected chi connectivity index (χ3v) is 2.61. The van der Waals surface area contributed by atoms with E-state index in [-0.39, 0.29) is 18.7 Å². The maximum absolute atomic E-state index is 11.4. The normalized spacial score (nSPS) is 13.5. The summed E-state index contributed by atoms with van der Waals surface area (Å²) in [4.78, 5) is 14.0. The van der Waals surface area contributed by atoms with Crippen LogP contribution in [0.5, 0.6) is 0 Å². The summed E-state index contributed by atoms with van der Waals surface area (Å²) < 4.78 is 0. The van der Waals surface area contributed by atoms with Crippen molar-refractivity contribution in [2.45, 2.75) is 25.6 Å². The minimum atomic E-state index is -1.17. The molecular weight excluding hydrogens is 234 g/mol. The molecule has 18 heavy (non-hydrogen) atoms. The summed E-state index contributed by atoms with van der Waals surface area (Å²) in [7, 11) is 0. The molecule has 1 aromatic carbocycles. The molecular formula is C12H15N3O3. The SMILES string of the molecule is CC(=O)c1ccccc1C(O)C(O)CCN=[N+]=[N-]. The monoisotopic (exact) mass is 249 g/mol. The Morgan fingerprint density at radius 3 is 2.72 bits per heavy atom. The van der Waals surface area contributed by atoms with Gasteiger partial charge >= 0.3 is 0 Å². The summed E-state index contributed by atoms with van der Waals surface area (Å²) in [6.45, 7) is 1.49. The van der Waals surface area contributed by atoms with Crippen LogP contribution in [0.1, 0.15) is 35.4 Å². The zero-order valence-electron chi connectivity index (χ0n) is 10.0. The van der Waals surface area contributed by atoms with Gasteiger partial charge in [-0.2, -0.15) is 0 Å². The first-order valence-corrected chi connectivity index (χ1v) is 5.54. The van der Waals surface area contributed by atoms with E-state index >= 15 is 0 Å². The first-order valence-electron chi connectivity index (χ1n) is 5.54. The summed E-state index contributed by atoms with van der Waals surface area (Å²) in [5, 5.41) is 23.0. The van der Waals surface area contributed by atoms with E-state index in [0.29, 0.717) is 11.1 Å². The van der Waals surface area contributed by atoms with Crippen LogP contribution in [0.2, 0.25) is 0 Å². The number of Topliss-reactive ketones (excluding diaryl/α,β-unsaturated/α-hetero) is 1. The Labute approximate surface area is 105 Å². The second-order valence-corrected chi connectivity index (χ2v) is 3.90. The number of ketones is 1. The van der Waals surface area contributed by atoms with E-state index in [1.54, 1.807) is 24.3 Å². The van der Waals surface area contributed by atoms with Crippen LogP contribution in [0.25, 0.3) is 10.4 Å². The lowest BCUT2D eigenvalue weighted by molar-refractivity contribution is 0.0146. The fraction of sp³-hybridized carbons (Fsp3) is 0.417. The number of aliphatic hydroxyl groups is 2. The summed E-state index contributed by atoms with van der Waals surface area (Å²) in [5.74, 6) is -0.174. The fourth-order valence-electron chi connectivity index (χ4n) is 1.68. The van der Waals surface area contributed by atoms with Crippen LogP contribution < -0.4 is 0 Å². The van der Waals surface area contributed by atoms with E-state index < -0.39 is 12.2 Å². The topological polar surface area (TPSA) is 106 Å². The standard InChI is InChI=1S/C12H15N3O3/c1-8(16)9-4-2-3-5-10(9)12(18)11(17)6-7-14-15-13/h2-5,11-12,17-18H,6-7H2,1H3. The van der Waals surface area contributed by atoms with Gasteiger partial charge < -0.3 is 10.2 Å². The second kappa shape index (κ2) is 6.76. The molecule has 6 heteroatoms. The average molecular weight is 249 g/mol. The summed E-state index contributed by atoms with van der Waals surface area (Å²) in [6.07, 6.45) is -2.10. The average Bonchev–Trinajstić information content (AvgIpc) is 2.38. The molecule has 0 radical (unpaired) electrons. The molecule has 0 spiro atoms. The minimum absolute atomic E-state index is 0.0942. The lowest BCUT2D eigenvalue weighted by atomic mass is 9.95. The van der Waals surface area contributed by atoms with Crippen molar-refractivity contribution >= 4 is 5.78 Å². The molecule has 0 aliphatic carbocycles. The Kier molecular flexibility index (Phi) is 5.32. The predicted octanol–water partition coefficient (Wildman–Crippen LogP) is 1.98. The van der Waals surface area contributed by atoms with Crippen molar-refractivity contribution in [2.24, 2.45) is 5.11 Å². The highest BCUT2D eigenvalue weighted by atomic mass is 16.3. The highest BCUT2D eigenvalue weighted by Gasteiger charge is 2.21. The van der Waals surface area contributed by atoms with Crippen LogP contribution in [-0.2, 0) is 0 Å². The molecule has 0 saturated carbocycles. The Morgan fingerprint density at radius 1 is 1.44 bits per heavy atom. The van der Waals surface area contributed by atoms with Gasteiger partial charge in [-0.1, -0.05) is 29.4 Å². The third kappa shape index (κ3) is 3.56.